The molecule has 0 bridgehead atoms. The van der Waals surface area contributed by atoms with Gasteiger partial charge in [-0.05, 0) is 45.7 Å². The Morgan fingerprint density at radius 3 is 2.29 bits per heavy atom. The maximum Gasteiger partial charge on any atom is 0.120 e. The molecule has 1 unspecified atom stereocenters. The van der Waals surface area contributed by atoms with Gasteiger partial charge in [-0.1, -0.05) is 78.9 Å². The van der Waals surface area contributed by atoms with Gasteiger partial charge in [0.1, 0.15) is 12.4 Å². The molecule has 5 rings (SSSR count). The molecule has 1 atom stereocenters. The van der Waals surface area contributed by atoms with E-state index < -0.39 is 0 Å². The van der Waals surface area contributed by atoms with Gasteiger partial charge in [0, 0.05) is 26.2 Å². The molecular formula is C28H28N2O. The minimum atomic E-state index is 0.215. The van der Waals surface area contributed by atoms with E-state index in [4.69, 9.17) is 4.74 Å². The number of nitrogens with zero attached hydrogens (tertiary/aromatic N) is 1. The van der Waals surface area contributed by atoms with Crippen molar-refractivity contribution in [3.05, 3.63) is 114 Å². The summed E-state index contributed by atoms with van der Waals surface area (Å²) in [7, 11) is 0. The van der Waals surface area contributed by atoms with Crippen molar-refractivity contribution in [1.29, 1.82) is 0 Å². The number of fused-ring (bicyclic) bond motifs is 1. The second-order valence-electron chi connectivity index (χ2n) is 8.14. The van der Waals surface area contributed by atoms with Gasteiger partial charge in [-0.2, -0.15) is 0 Å². The Morgan fingerprint density at radius 1 is 0.710 bits per heavy atom. The average Bonchev–Trinajstić information content (AvgIpc) is 2.84. The maximum atomic E-state index is 6.15. The molecule has 1 fully saturated rings. The fourth-order valence-electron chi connectivity index (χ4n) is 4.45. The lowest BCUT2D eigenvalue weighted by atomic mass is 9.94. The first-order valence-corrected chi connectivity index (χ1v) is 11.1. The summed E-state index contributed by atoms with van der Waals surface area (Å²) in [5.41, 5.74) is 3.80. The molecule has 1 heterocycles. The molecule has 1 aliphatic heterocycles. The number of rotatable bonds is 6. The first-order chi connectivity index (χ1) is 15.4. The highest BCUT2D eigenvalue weighted by atomic mass is 16.5. The zero-order chi connectivity index (χ0) is 20.9. The van der Waals surface area contributed by atoms with E-state index in [1.807, 2.05) is 6.07 Å². The van der Waals surface area contributed by atoms with Gasteiger partial charge < -0.3 is 10.1 Å². The highest BCUT2D eigenvalue weighted by molar-refractivity contribution is 5.83. The Morgan fingerprint density at radius 2 is 1.45 bits per heavy atom. The van der Waals surface area contributed by atoms with E-state index in [9.17, 15) is 0 Å². The van der Waals surface area contributed by atoms with Crippen LogP contribution in [0.25, 0.3) is 10.8 Å². The van der Waals surface area contributed by atoms with E-state index in [-0.39, 0.29) is 6.04 Å². The molecule has 1 saturated heterocycles. The van der Waals surface area contributed by atoms with Gasteiger partial charge in [0.05, 0.1) is 6.04 Å². The van der Waals surface area contributed by atoms with Crippen molar-refractivity contribution in [3.8, 4) is 5.75 Å². The van der Waals surface area contributed by atoms with Crippen LogP contribution in [0.3, 0.4) is 0 Å². The summed E-state index contributed by atoms with van der Waals surface area (Å²) in [5.74, 6) is 0.919. The van der Waals surface area contributed by atoms with E-state index in [2.05, 4.69) is 101 Å². The van der Waals surface area contributed by atoms with Crippen LogP contribution in [-0.4, -0.2) is 31.1 Å². The Bertz CT molecular complexity index is 1140. The minimum Gasteiger partial charge on any atom is -0.489 e. The van der Waals surface area contributed by atoms with Gasteiger partial charge in [-0.15, -0.1) is 0 Å². The second-order valence-corrected chi connectivity index (χ2v) is 8.14. The van der Waals surface area contributed by atoms with Crippen LogP contribution in [0.1, 0.15) is 22.7 Å². The smallest absolute Gasteiger partial charge is 0.120 e. The molecule has 3 heteroatoms. The van der Waals surface area contributed by atoms with Crippen molar-refractivity contribution in [2.45, 2.75) is 12.6 Å². The summed E-state index contributed by atoms with van der Waals surface area (Å²) in [5, 5.41) is 6.06. The molecule has 1 N–H and O–H groups in total. The van der Waals surface area contributed by atoms with Crippen LogP contribution in [0.5, 0.6) is 5.75 Å². The highest BCUT2D eigenvalue weighted by Gasteiger charge is 2.24. The quantitative estimate of drug-likeness (QED) is 0.461. The summed E-state index contributed by atoms with van der Waals surface area (Å²) in [6.45, 7) is 4.69. The third-order valence-corrected chi connectivity index (χ3v) is 6.03. The number of benzene rings is 4. The molecular weight excluding hydrogens is 380 g/mol. The summed E-state index contributed by atoms with van der Waals surface area (Å²) >= 11 is 0. The largest absolute Gasteiger partial charge is 0.489 e. The lowest BCUT2D eigenvalue weighted by Gasteiger charge is -2.36. The third kappa shape index (κ3) is 4.63. The van der Waals surface area contributed by atoms with Crippen molar-refractivity contribution in [1.82, 2.24) is 10.2 Å². The summed E-state index contributed by atoms with van der Waals surface area (Å²) < 4.78 is 6.15. The average molecular weight is 409 g/mol. The summed E-state index contributed by atoms with van der Waals surface area (Å²) in [4.78, 5) is 2.58. The molecule has 0 amide bonds. The molecule has 31 heavy (non-hydrogen) atoms. The van der Waals surface area contributed by atoms with Crippen LogP contribution in [0.2, 0.25) is 0 Å². The fraction of sp³-hybridized carbons (Fsp3) is 0.214. The van der Waals surface area contributed by atoms with E-state index in [1.54, 1.807) is 0 Å². The normalized spacial score (nSPS) is 15.6. The van der Waals surface area contributed by atoms with Gasteiger partial charge in [0.2, 0.25) is 0 Å². The molecule has 0 spiro atoms. The zero-order valence-corrected chi connectivity index (χ0v) is 17.7. The van der Waals surface area contributed by atoms with Gasteiger partial charge >= 0.3 is 0 Å². The Labute approximate surface area is 184 Å². The molecule has 4 aromatic rings. The summed E-state index contributed by atoms with van der Waals surface area (Å²) in [6, 6.07) is 34.6. The fourth-order valence-corrected chi connectivity index (χ4v) is 4.45. The summed E-state index contributed by atoms with van der Waals surface area (Å²) in [6.07, 6.45) is 0. The number of hydrogen-bond donors (Lipinski definition) is 1. The predicted octanol–water partition coefficient (Wildman–Crippen LogP) is 5.41. The number of hydrogen-bond acceptors (Lipinski definition) is 3. The van der Waals surface area contributed by atoms with Crippen LogP contribution in [0.15, 0.2) is 97.1 Å². The SMILES string of the molecule is c1ccc(COc2cccc(C(c3ccc4ccccc4c3)N3CCNCC3)c2)cc1. The van der Waals surface area contributed by atoms with Crippen LogP contribution in [-0.2, 0) is 6.61 Å². The molecule has 0 saturated carbocycles. The third-order valence-electron chi connectivity index (χ3n) is 6.03. The molecule has 0 radical (unpaired) electrons. The number of nitrogens with one attached hydrogen (secondary N) is 1. The van der Waals surface area contributed by atoms with Gasteiger partial charge in [-0.25, -0.2) is 0 Å². The Hall–Kier alpha value is -3.14. The standard InChI is InChI=1S/C28H28N2O/c1-2-7-22(8-3-1)21-31-27-12-6-11-25(20-27)28(30-17-15-29-16-18-30)26-14-13-23-9-4-5-10-24(23)19-26/h1-14,19-20,28-29H,15-18,21H2. The van der Waals surface area contributed by atoms with E-state index >= 15 is 0 Å². The first kappa shape index (κ1) is 19.8. The predicted molar refractivity (Wildman–Crippen MR) is 127 cm³/mol. The molecule has 0 aromatic heterocycles. The van der Waals surface area contributed by atoms with Gasteiger partial charge in [0.25, 0.3) is 0 Å². The first-order valence-electron chi connectivity index (χ1n) is 11.1. The lowest BCUT2D eigenvalue weighted by Crippen LogP contribution is -2.45. The van der Waals surface area contributed by atoms with Crippen LogP contribution >= 0.6 is 0 Å². The zero-order valence-electron chi connectivity index (χ0n) is 17.7. The van der Waals surface area contributed by atoms with Crippen LogP contribution < -0.4 is 10.1 Å². The monoisotopic (exact) mass is 408 g/mol. The van der Waals surface area contributed by atoms with E-state index in [0.29, 0.717) is 6.61 Å². The van der Waals surface area contributed by atoms with Crippen LogP contribution in [0, 0.1) is 0 Å². The number of ether oxygens (including phenoxy) is 1. The molecule has 3 nitrogen and oxygen atoms in total. The highest BCUT2D eigenvalue weighted by Crippen LogP contribution is 2.33. The Balaban J connectivity index is 1.47. The minimum absolute atomic E-state index is 0.215. The van der Waals surface area contributed by atoms with Crippen molar-refractivity contribution in [2.24, 2.45) is 0 Å². The number of piperazine rings is 1. The van der Waals surface area contributed by atoms with Crippen molar-refractivity contribution < 1.29 is 4.74 Å². The molecule has 0 aliphatic carbocycles. The maximum absolute atomic E-state index is 6.15. The van der Waals surface area contributed by atoms with Crippen molar-refractivity contribution in [3.63, 3.8) is 0 Å². The Kier molecular flexibility index (Phi) is 5.96. The van der Waals surface area contributed by atoms with Gasteiger partial charge in [0.15, 0.2) is 0 Å². The van der Waals surface area contributed by atoms with Gasteiger partial charge in [-0.3, -0.25) is 4.90 Å². The molecule has 1 aliphatic rings. The van der Waals surface area contributed by atoms with E-state index in [1.165, 1.54) is 27.5 Å². The lowest BCUT2D eigenvalue weighted by molar-refractivity contribution is 0.198. The van der Waals surface area contributed by atoms with E-state index in [0.717, 1.165) is 31.9 Å². The van der Waals surface area contributed by atoms with Crippen LogP contribution in [0.4, 0.5) is 0 Å². The molecule has 4 aromatic carbocycles. The molecule has 156 valence electrons. The topological polar surface area (TPSA) is 24.5 Å². The van der Waals surface area contributed by atoms with Crippen molar-refractivity contribution >= 4 is 10.8 Å². The second kappa shape index (κ2) is 9.34. The van der Waals surface area contributed by atoms with Crippen molar-refractivity contribution in [2.75, 3.05) is 26.2 Å².